The van der Waals surface area contributed by atoms with Crippen LogP contribution in [0.15, 0.2) is 24.3 Å². The minimum atomic E-state index is -4.42. The maximum atomic E-state index is 12.8. The Bertz CT molecular complexity index is 725. The van der Waals surface area contributed by atoms with Gasteiger partial charge < -0.3 is 20.0 Å². The highest BCUT2D eigenvalue weighted by atomic mass is 19.4. The average Bonchev–Trinajstić information content (AvgIpc) is 2.72. The molecule has 1 aromatic carbocycles. The van der Waals surface area contributed by atoms with Gasteiger partial charge in [-0.25, -0.2) is 0 Å². The van der Waals surface area contributed by atoms with Gasteiger partial charge in [0.05, 0.1) is 12.1 Å². The second-order valence-corrected chi connectivity index (χ2v) is 7.72. The molecule has 1 N–H and O–H groups in total. The lowest BCUT2D eigenvalue weighted by Crippen LogP contribution is -2.51. The van der Waals surface area contributed by atoms with Crippen LogP contribution in [0.1, 0.15) is 18.4 Å². The van der Waals surface area contributed by atoms with Crippen molar-refractivity contribution in [2.45, 2.75) is 19.0 Å². The summed E-state index contributed by atoms with van der Waals surface area (Å²) in [7, 11) is 2.04. The number of alkyl halides is 3. The van der Waals surface area contributed by atoms with E-state index < -0.39 is 11.7 Å². The molecule has 0 unspecified atom stereocenters. The van der Waals surface area contributed by atoms with Crippen LogP contribution < -0.4 is 5.32 Å². The molecule has 0 bridgehead atoms. The van der Waals surface area contributed by atoms with Crippen molar-refractivity contribution >= 4 is 17.5 Å². The fraction of sp³-hybridized carbons (Fsp3) is 0.600. The third-order valence-electron chi connectivity index (χ3n) is 5.65. The van der Waals surface area contributed by atoms with Crippen LogP contribution in [0, 0.1) is 5.92 Å². The van der Waals surface area contributed by atoms with Crippen molar-refractivity contribution < 1.29 is 22.8 Å². The zero-order valence-electron chi connectivity index (χ0n) is 16.5. The first kappa shape index (κ1) is 21.4. The van der Waals surface area contributed by atoms with E-state index in [1.54, 1.807) is 4.90 Å². The van der Waals surface area contributed by atoms with Crippen molar-refractivity contribution in [3.8, 4) is 0 Å². The Morgan fingerprint density at radius 3 is 2.31 bits per heavy atom. The first-order valence-electron chi connectivity index (χ1n) is 9.90. The summed E-state index contributed by atoms with van der Waals surface area (Å²) in [5, 5.41) is 2.77. The number of nitrogens with one attached hydrogen (secondary N) is 1. The molecule has 6 nitrogen and oxygen atoms in total. The first-order valence-corrected chi connectivity index (χ1v) is 9.90. The van der Waals surface area contributed by atoms with Gasteiger partial charge in [-0.1, -0.05) is 6.07 Å². The van der Waals surface area contributed by atoms with Crippen molar-refractivity contribution in [2.24, 2.45) is 5.92 Å². The van der Waals surface area contributed by atoms with Crippen molar-refractivity contribution in [3.63, 3.8) is 0 Å². The predicted molar refractivity (Wildman–Crippen MR) is 103 cm³/mol. The molecule has 2 heterocycles. The summed E-state index contributed by atoms with van der Waals surface area (Å²) in [5.74, 6) is -0.0564. The van der Waals surface area contributed by atoms with Crippen molar-refractivity contribution in [1.29, 1.82) is 0 Å². The molecule has 0 aromatic heterocycles. The van der Waals surface area contributed by atoms with Gasteiger partial charge in [0.2, 0.25) is 11.8 Å². The monoisotopic (exact) mass is 412 g/mol. The summed E-state index contributed by atoms with van der Waals surface area (Å²) in [4.78, 5) is 30.9. The summed E-state index contributed by atoms with van der Waals surface area (Å²) < 4.78 is 38.3. The molecule has 0 aliphatic carbocycles. The van der Waals surface area contributed by atoms with Crippen LogP contribution in [0.5, 0.6) is 0 Å². The molecule has 29 heavy (non-hydrogen) atoms. The van der Waals surface area contributed by atoms with E-state index in [1.807, 2.05) is 11.9 Å². The third kappa shape index (κ3) is 5.62. The number of amides is 2. The van der Waals surface area contributed by atoms with E-state index in [2.05, 4.69) is 10.2 Å². The molecule has 2 aliphatic rings. The van der Waals surface area contributed by atoms with E-state index in [9.17, 15) is 22.8 Å². The number of benzene rings is 1. The lowest BCUT2D eigenvalue weighted by molar-refractivity contribution is -0.141. The maximum Gasteiger partial charge on any atom is 0.416 e. The van der Waals surface area contributed by atoms with Crippen molar-refractivity contribution in [2.75, 3.05) is 58.2 Å². The molecule has 0 saturated carbocycles. The normalized spacial score (nSPS) is 19.3. The van der Waals surface area contributed by atoms with Gasteiger partial charge in [0.15, 0.2) is 0 Å². The minimum absolute atomic E-state index is 0.0566. The molecule has 9 heteroatoms. The highest BCUT2D eigenvalue weighted by Crippen LogP contribution is 2.30. The first-order chi connectivity index (χ1) is 13.7. The zero-order chi connectivity index (χ0) is 21.0. The number of likely N-dealkylation sites (tertiary alicyclic amines) is 1. The van der Waals surface area contributed by atoms with Gasteiger partial charge in [0, 0.05) is 50.9 Å². The molecule has 1 aromatic rings. The highest BCUT2D eigenvalue weighted by Gasteiger charge is 2.32. The number of piperazine rings is 1. The van der Waals surface area contributed by atoms with Gasteiger partial charge in [-0.3, -0.25) is 9.59 Å². The van der Waals surface area contributed by atoms with Crippen molar-refractivity contribution in [1.82, 2.24) is 14.7 Å². The van der Waals surface area contributed by atoms with Crippen LogP contribution in [0.4, 0.5) is 18.9 Å². The third-order valence-corrected chi connectivity index (χ3v) is 5.65. The number of rotatable bonds is 4. The molecule has 2 fully saturated rings. The molecular weight excluding hydrogens is 385 g/mol. The fourth-order valence-electron chi connectivity index (χ4n) is 3.76. The Morgan fingerprint density at radius 1 is 1.03 bits per heavy atom. The van der Waals surface area contributed by atoms with E-state index in [-0.39, 0.29) is 30.0 Å². The quantitative estimate of drug-likeness (QED) is 0.823. The number of hydrogen-bond donors (Lipinski definition) is 1. The number of carbonyl (C=O) groups excluding carboxylic acids is 2. The Kier molecular flexibility index (Phi) is 6.66. The number of likely N-dealkylation sites (N-methyl/N-ethyl adjacent to an activating group) is 1. The molecule has 2 saturated heterocycles. The number of nitrogens with zero attached hydrogens (tertiary/aromatic N) is 3. The summed E-state index contributed by atoms with van der Waals surface area (Å²) >= 11 is 0. The summed E-state index contributed by atoms with van der Waals surface area (Å²) in [6, 6.07) is 4.80. The molecule has 160 valence electrons. The standard InChI is InChI=1S/C20H27F3N4O2/c1-25-9-11-27(12-10-25)19(29)15-5-7-26(8-6-15)18(28)14-24-17-4-2-3-16(13-17)20(21,22)23/h2-4,13,15,24H,5-12,14H2,1H3. The number of piperidine rings is 1. The van der Waals surface area contributed by atoms with E-state index in [1.165, 1.54) is 12.1 Å². The number of carbonyl (C=O) groups is 2. The lowest BCUT2D eigenvalue weighted by atomic mass is 9.95. The minimum Gasteiger partial charge on any atom is -0.376 e. The topological polar surface area (TPSA) is 55.9 Å². The molecule has 0 radical (unpaired) electrons. The van der Waals surface area contributed by atoms with Gasteiger partial charge in [-0.15, -0.1) is 0 Å². The van der Waals surface area contributed by atoms with Gasteiger partial charge >= 0.3 is 6.18 Å². The molecular formula is C20H27F3N4O2. The highest BCUT2D eigenvalue weighted by molar-refractivity contribution is 5.82. The summed E-state index contributed by atoms with van der Waals surface area (Å²) in [6.45, 7) is 4.16. The summed E-state index contributed by atoms with van der Waals surface area (Å²) in [5.41, 5.74) is -0.494. The average molecular weight is 412 g/mol. The van der Waals surface area contributed by atoms with Crippen molar-refractivity contribution in [3.05, 3.63) is 29.8 Å². The Hall–Kier alpha value is -2.29. The molecule has 2 amide bonds. The van der Waals surface area contributed by atoms with Crippen LogP contribution in [-0.4, -0.2) is 79.4 Å². The van der Waals surface area contributed by atoms with Crippen LogP contribution in [-0.2, 0) is 15.8 Å². The van der Waals surface area contributed by atoms with Gasteiger partial charge in [0.1, 0.15) is 0 Å². The smallest absolute Gasteiger partial charge is 0.376 e. The molecule has 0 atom stereocenters. The largest absolute Gasteiger partial charge is 0.416 e. The van der Waals surface area contributed by atoms with E-state index in [0.29, 0.717) is 25.9 Å². The second-order valence-electron chi connectivity index (χ2n) is 7.72. The number of hydrogen-bond acceptors (Lipinski definition) is 4. The second kappa shape index (κ2) is 9.02. The van der Waals surface area contributed by atoms with Crippen LogP contribution in [0.3, 0.4) is 0 Å². The zero-order valence-corrected chi connectivity index (χ0v) is 16.5. The van der Waals surface area contributed by atoms with Crippen LogP contribution in [0.2, 0.25) is 0 Å². The van der Waals surface area contributed by atoms with Gasteiger partial charge in [-0.05, 0) is 38.1 Å². The molecule has 2 aliphatic heterocycles. The summed E-state index contributed by atoms with van der Waals surface area (Å²) in [6.07, 6.45) is -3.17. The van der Waals surface area contributed by atoms with E-state index in [0.717, 1.165) is 38.3 Å². The number of halogens is 3. The van der Waals surface area contributed by atoms with Gasteiger partial charge in [-0.2, -0.15) is 13.2 Å². The Labute approximate surface area is 168 Å². The lowest BCUT2D eigenvalue weighted by Gasteiger charge is -2.37. The molecule has 0 spiro atoms. The Morgan fingerprint density at radius 2 is 1.69 bits per heavy atom. The maximum absolute atomic E-state index is 12.8. The van der Waals surface area contributed by atoms with Gasteiger partial charge in [0.25, 0.3) is 0 Å². The van der Waals surface area contributed by atoms with Crippen LogP contribution in [0.25, 0.3) is 0 Å². The molecule has 3 rings (SSSR count). The fourth-order valence-corrected chi connectivity index (χ4v) is 3.76. The number of anilines is 1. The predicted octanol–water partition coefficient (Wildman–Crippen LogP) is 2.13. The van der Waals surface area contributed by atoms with Crippen LogP contribution >= 0.6 is 0 Å². The SMILES string of the molecule is CN1CCN(C(=O)C2CCN(C(=O)CNc3cccc(C(F)(F)F)c3)CC2)CC1. The van der Waals surface area contributed by atoms with E-state index in [4.69, 9.17) is 0 Å². The van der Waals surface area contributed by atoms with E-state index >= 15 is 0 Å². The Balaban J connectivity index is 1.45.